The summed E-state index contributed by atoms with van der Waals surface area (Å²) in [6.07, 6.45) is 2.17. The Morgan fingerprint density at radius 2 is 2.14 bits per heavy atom. The number of nitrogens with zero attached hydrogens (tertiary/aromatic N) is 4. The average Bonchev–Trinajstić information content (AvgIpc) is 3.28. The lowest BCUT2D eigenvalue weighted by molar-refractivity contribution is 0.0600. The van der Waals surface area contributed by atoms with Crippen LogP contribution in [0.15, 0.2) is 24.3 Å². The second kappa shape index (κ2) is 5.37. The highest BCUT2D eigenvalue weighted by Gasteiger charge is 2.31. The minimum Gasteiger partial charge on any atom is -0.465 e. The summed E-state index contributed by atoms with van der Waals surface area (Å²) < 4.78 is 6.45. The van der Waals surface area contributed by atoms with Crippen molar-refractivity contribution in [2.24, 2.45) is 0 Å². The van der Waals surface area contributed by atoms with Gasteiger partial charge in [-0.2, -0.15) is 5.26 Å². The topological polar surface area (TPSA) is 80.8 Å². The van der Waals surface area contributed by atoms with Gasteiger partial charge in [0.15, 0.2) is 5.69 Å². The van der Waals surface area contributed by atoms with Crippen molar-refractivity contribution < 1.29 is 9.53 Å². The molecule has 6 heteroatoms. The first-order valence-corrected chi connectivity index (χ1v) is 6.73. The molecule has 1 saturated carbocycles. The molecule has 0 unspecified atom stereocenters. The number of hydrogen-bond acceptors (Lipinski definition) is 5. The second-order valence-corrected chi connectivity index (χ2v) is 5.06. The molecule has 0 radical (unpaired) electrons. The molecule has 1 fully saturated rings. The van der Waals surface area contributed by atoms with E-state index in [4.69, 9.17) is 5.26 Å². The highest BCUT2D eigenvalue weighted by molar-refractivity contribution is 5.89. The Balaban J connectivity index is 1.82. The molecule has 0 atom stereocenters. The molecule has 21 heavy (non-hydrogen) atoms. The maximum absolute atomic E-state index is 11.4. The number of nitriles is 1. The van der Waals surface area contributed by atoms with Crippen LogP contribution in [0.3, 0.4) is 0 Å². The van der Waals surface area contributed by atoms with Crippen molar-refractivity contribution in [3.63, 3.8) is 0 Å². The number of esters is 1. The first kappa shape index (κ1) is 13.3. The number of carbonyl (C=O) groups excluding carboxylic acids is 1. The van der Waals surface area contributed by atoms with E-state index < -0.39 is 0 Å². The predicted octanol–water partition coefficient (Wildman–Crippen LogP) is 1.86. The van der Waals surface area contributed by atoms with Gasteiger partial charge < -0.3 is 4.74 Å². The molecule has 1 heterocycles. The summed E-state index contributed by atoms with van der Waals surface area (Å²) in [7, 11) is 1.36. The van der Waals surface area contributed by atoms with Gasteiger partial charge in [0.25, 0.3) is 0 Å². The predicted molar refractivity (Wildman–Crippen MR) is 73.6 cm³/mol. The molecule has 1 aliphatic carbocycles. The van der Waals surface area contributed by atoms with Crippen molar-refractivity contribution in [2.45, 2.75) is 25.3 Å². The number of hydrogen-bond donors (Lipinski definition) is 0. The second-order valence-electron chi connectivity index (χ2n) is 5.06. The van der Waals surface area contributed by atoms with Gasteiger partial charge in [0.1, 0.15) is 6.07 Å². The van der Waals surface area contributed by atoms with Gasteiger partial charge in [0.2, 0.25) is 0 Å². The van der Waals surface area contributed by atoms with Crippen LogP contribution in [0.25, 0.3) is 0 Å². The Morgan fingerprint density at radius 1 is 1.43 bits per heavy atom. The van der Waals surface area contributed by atoms with Crippen LogP contribution in [-0.2, 0) is 11.3 Å². The monoisotopic (exact) mass is 282 g/mol. The summed E-state index contributed by atoms with van der Waals surface area (Å²) in [4.78, 5) is 11.4. The van der Waals surface area contributed by atoms with Gasteiger partial charge in [-0.25, -0.2) is 9.48 Å². The van der Waals surface area contributed by atoms with Gasteiger partial charge in [-0.05, 0) is 30.5 Å². The Morgan fingerprint density at radius 3 is 2.71 bits per heavy atom. The van der Waals surface area contributed by atoms with Crippen LogP contribution in [0.1, 0.15) is 46.1 Å². The zero-order valence-electron chi connectivity index (χ0n) is 11.6. The van der Waals surface area contributed by atoms with Crippen molar-refractivity contribution >= 4 is 5.97 Å². The van der Waals surface area contributed by atoms with Crippen LogP contribution in [0, 0.1) is 11.3 Å². The van der Waals surface area contributed by atoms with Gasteiger partial charge in [0.05, 0.1) is 24.9 Å². The van der Waals surface area contributed by atoms with Crippen LogP contribution in [-0.4, -0.2) is 28.1 Å². The van der Waals surface area contributed by atoms with Gasteiger partial charge in [-0.15, -0.1) is 5.10 Å². The summed E-state index contributed by atoms with van der Waals surface area (Å²) in [5.41, 5.74) is 2.86. The molecule has 0 N–H and O–H groups in total. The molecule has 0 bridgehead atoms. The van der Waals surface area contributed by atoms with Gasteiger partial charge >= 0.3 is 5.97 Å². The van der Waals surface area contributed by atoms with Crippen LogP contribution < -0.4 is 0 Å². The molecule has 1 aromatic carbocycles. The van der Waals surface area contributed by atoms with E-state index in [0.29, 0.717) is 23.7 Å². The molecule has 0 aliphatic heterocycles. The minimum atomic E-state index is -0.354. The minimum absolute atomic E-state index is 0.354. The lowest BCUT2D eigenvalue weighted by Gasteiger charge is -2.06. The van der Waals surface area contributed by atoms with E-state index in [9.17, 15) is 4.79 Å². The van der Waals surface area contributed by atoms with Gasteiger partial charge in [-0.1, -0.05) is 17.3 Å². The van der Waals surface area contributed by atoms with Crippen molar-refractivity contribution in [1.82, 2.24) is 15.0 Å². The van der Waals surface area contributed by atoms with Crippen LogP contribution in [0.4, 0.5) is 0 Å². The molecule has 106 valence electrons. The highest BCUT2D eigenvalue weighted by Crippen LogP contribution is 2.41. The van der Waals surface area contributed by atoms with Crippen molar-refractivity contribution in [3.05, 3.63) is 46.8 Å². The van der Waals surface area contributed by atoms with Gasteiger partial charge in [0, 0.05) is 5.92 Å². The van der Waals surface area contributed by atoms with Crippen molar-refractivity contribution in [2.75, 3.05) is 7.11 Å². The molecule has 1 aromatic heterocycles. The molecular formula is C15H14N4O2. The highest BCUT2D eigenvalue weighted by atomic mass is 16.5. The fraction of sp³-hybridized carbons (Fsp3) is 0.333. The number of ether oxygens (including phenoxy) is 1. The molecule has 0 spiro atoms. The fourth-order valence-corrected chi connectivity index (χ4v) is 2.31. The molecule has 0 amide bonds. The van der Waals surface area contributed by atoms with Crippen LogP contribution >= 0.6 is 0 Å². The van der Waals surface area contributed by atoms with Crippen LogP contribution in [0.2, 0.25) is 0 Å². The summed E-state index contributed by atoms with van der Waals surface area (Å²) >= 11 is 0. The van der Waals surface area contributed by atoms with Crippen molar-refractivity contribution in [1.29, 1.82) is 5.26 Å². The Labute approximate surface area is 122 Å². The molecule has 6 nitrogen and oxygen atoms in total. The fourth-order valence-electron chi connectivity index (χ4n) is 2.31. The molecule has 2 aromatic rings. The van der Waals surface area contributed by atoms with Gasteiger partial charge in [-0.3, -0.25) is 0 Å². The molecule has 0 saturated heterocycles. The largest absolute Gasteiger partial charge is 0.465 e. The normalized spacial score (nSPS) is 13.7. The maximum atomic E-state index is 11.4. The lowest BCUT2D eigenvalue weighted by atomic mass is 10.1. The SMILES string of the molecule is COC(=O)c1ccc(Cn2nnc(C#N)c2C2CC2)cc1. The quantitative estimate of drug-likeness (QED) is 0.799. The summed E-state index contributed by atoms with van der Waals surface area (Å²) in [5, 5.41) is 17.1. The van der Waals surface area contributed by atoms with E-state index in [2.05, 4.69) is 21.1 Å². The summed E-state index contributed by atoms with van der Waals surface area (Å²) in [6.45, 7) is 0.544. The maximum Gasteiger partial charge on any atom is 0.337 e. The zero-order chi connectivity index (χ0) is 14.8. The number of methoxy groups -OCH3 is 1. The number of aromatic nitrogens is 3. The van der Waals surface area contributed by atoms with E-state index in [1.807, 2.05) is 12.1 Å². The molecule has 3 rings (SSSR count). The smallest absolute Gasteiger partial charge is 0.337 e. The first-order valence-electron chi connectivity index (χ1n) is 6.73. The Hall–Kier alpha value is -2.68. The third-order valence-corrected chi connectivity index (χ3v) is 3.55. The average molecular weight is 282 g/mol. The number of benzene rings is 1. The standard InChI is InChI=1S/C15H14N4O2/c1-21-15(20)12-4-2-10(3-5-12)9-19-14(11-6-7-11)13(8-16)17-18-19/h2-5,11H,6-7,9H2,1H3. The molecule has 1 aliphatic rings. The van der Waals surface area contributed by atoms with E-state index in [0.717, 1.165) is 24.1 Å². The van der Waals surface area contributed by atoms with Crippen LogP contribution in [0.5, 0.6) is 0 Å². The first-order chi connectivity index (χ1) is 10.2. The zero-order valence-corrected chi connectivity index (χ0v) is 11.6. The summed E-state index contributed by atoms with van der Waals surface area (Å²) in [5.74, 6) is 0.0525. The third kappa shape index (κ3) is 2.63. The van der Waals surface area contributed by atoms with E-state index >= 15 is 0 Å². The Kier molecular flexibility index (Phi) is 3.40. The van der Waals surface area contributed by atoms with Crippen molar-refractivity contribution in [3.8, 4) is 6.07 Å². The van der Waals surface area contributed by atoms with E-state index in [1.165, 1.54) is 7.11 Å². The Bertz CT molecular complexity index is 708. The molecular weight excluding hydrogens is 268 g/mol. The third-order valence-electron chi connectivity index (χ3n) is 3.55. The number of carbonyl (C=O) groups is 1. The lowest BCUT2D eigenvalue weighted by Crippen LogP contribution is -2.07. The number of rotatable bonds is 4. The van der Waals surface area contributed by atoms with E-state index in [1.54, 1.807) is 16.8 Å². The van der Waals surface area contributed by atoms with E-state index in [-0.39, 0.29) is 5.97 Å². The summed E-state index contributed by atoms with van der Waals surface area (Å²) in [6, 6.07) is 9.26.